The Kier molecular flexibility index (Phi) is 6.43. The van der Waals surface area contributed by atoms with Crippen molar-refractivity contribution in [3.63, 3.8) is 0 Å². The van der Waals surface area contributed by atoms with Crippen molar-refractivity contribution in [2.45, 2.75) is 32.0 Å². The highest BCUT2D eigenvalue weighted by atomic mass is 19.4. The maximum Gasteiger partial charge on any atom is 0.433 e. The Balaban J connectivity index is 1.64. The van der Waals surface area contributed by atoms with E-state index in [0.29, 0.717) is 17.6 Å². The van der Waals surface area contributed by atoms with Gasteiger partial charge < -0.3 is 5.32 Å². The van der Waals surface area contributed by atoms with E-state index < -0.39 is 41.5 Å². The van der Waals surface area contributed by atoms with Gasteiger partial charge in [-0.25, -0.2) is 14.6 Å². The van der Waals surface area contributed by atoms with E-state index in [2.05, 4.69) is 15.3 Å². The predicted octanol–water partition coefficient (Wildman–Crippen LogP) is 4.29. The highest BCUT2D eigenvalue weighted by Gasteiger charge is 2.45. The Hall–Kier alpha value is -4.54. The van der Waals surface area contributed by atoms with Crippen LogP contribution in [0.4, 0.5) is 19.0 Å². The van der Waals surface area contributed by atoms with Crippen molar-refractivity contribution in [2.75, 3.05) is 11.4 Å². The van der Waals surface area contributed by atoms with E-state index in [1.165, 1.54) is 4.90 Å². The maximum atomic E-state index is 13.9. The number of amides is 2. The van der Waals surface area contributed by atoms with E-state index in [9.17, 15) is 22.8 Å². The molecule has 0 saturated heterocycles. The summed E-state index contributed by atoms with van der Waals surface area (Å²) >= 11 is 0. The number of halogens is 3. The summed E-state index contributed by atoms with van der Waals surface area (Å²) in [5.41, 5.74) is 1.64. The molecule has 0 spiro atoms. The molecule has 0 saturated carbocycles. The van der Waals surface area contributed by atoms with Crippen LogP contribution in [0.1, 0.15) is 46.0 Å². The highest BCUT2D eigenvalue weighted by Crippen LogP contribution is 2.43. The quantitative estimate of drug-likeness (QED) is 0.424. The van der Waals surface area contributed by atoms with Gasteiger partial charge in [-0.2, -0.15) is 18.3 Å². The van der Waals surface area contributed by atoms with Crippen molar-refractivity contribution in [3.05, 3.63) is 101 Å². The van der Waals surface area contributed by atoms with Crippen LogP contribution in [0.25, 0.3) is 5.69 Å². The molecule has 0 fully saturated rings. The summed E-state index contributed by atoms with van der Waals surface area (Å²) in [6, 6.07) is 18.0. The average molecular weight is 521 g/mol. The summed E-state index contributed by atoms with van der Waals surface area (Å²) in [5.74, 6) is -2.16. The van der Waals surface area contributed by atoms with Gasteiger partial charge in [0.25, 0.3) is 11.8 Å². The van der Waals surface area contributed by atoms with Gasteiger partial charge in [-0.15, -0.1) is 0 Å². The Labute approximate surface area is 216 Å². The van der Waals surface area contributed by atoms with Gasteiger partial charge in [-0.05, 0) is 37.6 Å². The Morgan fingerprint density at radius 1 is 1.03 bits per heavy atom. The largest absolute Gasteiger partial charge is 0.433 e. The zero-order valence-electron chi connectivity index (χ0n) is 20.5. The summed E-state index contributed by atoms with van der Waals surface area (Å²) in [6.07, 6.45) is -3.88. The van der Waals surface area contributed by atoms with Crippen molar-refractivity contribution in [1.82, 2.24) is 25.1 Å². The number of benzene rings is 2. The molecule has 2 aromatic carbocycles. The first-order valence-electron chi connectivity index (χ1n) is 11.9. The van der Waals surface area contributed by atoms with E-state index in [0.717, 1.165) is 23.0 Å². The second kappa shape index (κ2) is 9.73. The highest BCUT2D eigenvalue weighted by molar-refractivity contribution is 6.04. The summed E-state index contributed by atoms with van der Waals surface area (Å²) in [5, 5.41) is 7.38. The van der Waals surface area contributed by atoms with E-state index in [1.807, 2.05) is 67.6 Å². The molecule has 0 unspecified atom stereocenters. The number of carbonyl (C=O) groups excluding carboxylic acids is 2. The van der Waals surface area contributed by atoms with Crippen LogP contribution in [0.5, 0.6) is 0 Å². The molecule has 4 aromatic rings. The standard InChI is InChI=1S/C27H23F3N6O2/c1-3-35-25-20(16(2)34-36(25)18-12-8-5-9-13-18)21(17-10-6-4-7-11-17)22(26(35)38)33-24(37)23-31-15-14-19(32-23)27(28,29)30/h4-15,21-22H,3H2,1-2H3,(H,33,37)/t21-,22+/m1/s1. The summed E-state index contributed by atoms with van der Waals surface area (Å²) in [6.45, 7) is 3.90. The van der Waals surface area contributed by atoms with Crippen molar-refractivity contribution in [2.24, 2.45) is 0 Å². The second-order valence-electron chi connectivity index (χ2n) is 8.76. The van der Waals surface area contributed by atoms with Gasteiger partial charge in [0.15, 0.2) is 0 Å². The number of para-hydroxylation sites is 1. The smallest absolute Gasteiger partial charge is 0.337 e. The molecule has 2 aromatic heterocycles. The number of hydrogen-bond acceptors (Lipinski definition) is 5. The molecule has 1 aliphatic heterocycles. The Bertz CT molecular complexity index is 1490. The summed E-state index contributed by atoms with van der Waals surface area (Å²) in [7, 11) is 0. The first-order valence-corrected chi connectivity index (χ1v) is 11.9. The molecular weight excluding hydrogens is 497 g/mol. The Morgan fingerprint density at radius 3 is 2.32 bits per heavy atom. The molecule has 0 bridgehead atoms. The molecule has 0 aliphatic carbocycles. The van der Waals surface area contributed by atoms with Crippen molar-refractivity contribution in [3.8, 4) is 5.69 Å². The predicted molar refractivity (Wildman–Crippen MR) is 133 cm³/mol. The van der Waals surface area contributed by atoms with Crippen LogP contribution in [0.2, 0.25) is 0 Å². The number of anilines is 1. The van der Waals surface area contributed by atoms with Gasteiger partial charge in [0.2, 0.25) is 5.82 Å². The lowest BCUT2D eigenvalue weighted by atomic mass is 9.81. The number of nitrogens with zero attached hydrogens (tertiary/aromatic N) is 5. The van der Waals surface area contributed by atoms with E-state index in [4.69, 9.17) is 5.10 Å². The fourth-order valence-corrected chi connectivity index (χ4v) is 4.78. The summed E-state index contributed by atoms with van der Waals surface area (Å²) in [4.78, 5) is 35.7. The summed E-state index contributed by atoms with van der Waals surface area (Å²) < 4.78 is 41.3. The molecule has 1 aliphatic rings. The topological polar surface area (TPSA) is 93.0 Å². The number of aromatic nitrogens is 4. The number of fused-ring (bicyclic) bond motifs is 1. The molecule has 2 amide bonds. The zero-order valence-corrected chi connectivity index (χ0v) is 20.5. The zero-order chi connectivity index (χ0) is 27.0. The minimum absolute atomic E-state index is 0.276. The maximum absolute atomic E-state index is 13.9. The number of rotatable bonds is 5. The fraction of sp³-hybridized carbons (Fsp3) is 0.222. The molecule has 11 heteroatoms. The van der Waals surface area contributed by atoms with Crippen LogP contribution in [0, 0.1) is 6.92 Å². The van der Waals surface area contributed by atoms with Gasteiger partial charge in [-0.3, -0.25) is 14.5 Å². The van der Waals surface area contributed by atoms with Gasteiger partial charge in [0, 0.05) is 24.2 Å². The SMILES string of the molecule is CCN1C(=O)[C@@H](NC(=O)c2nccc(C(F)(F)F)n2)[C@H](c2ccccc2)c2c(C)nn(-c3ccccc3)c21. The molecule has 38 heavy (non-hydrogen) atoms. The monoisotopic (exact) mass is 520 g/mol. The number of likely N-dealkylation sites (N-methyl/N-ethyl adjacent to an activating group) is 1. The number of carbonyl (C=O) groups is 2. The minimum Gasteiger partial charge on any atom is -0.337 e. The molecule has 5 rings (SSSR count). The van der Waals surface area contributed by atoms with Gasteiger partial charge in [0.05, 0.1) is 11.4 Å². The molecule has 1 N–H and O–H groups in total. The Morgan fingerprint density at radius 2 is 1.68 bits per heavy atom. The molecule has 194 valence electrons. The number of aryl methyl sites for hydroxylation is 1. The third kappa shape index (κ3) is 4.40. The lowest BCUT2D eigenvalue weighted by molar-refractivity contribution is -0.141. The van der Waals surface area contributed by atoms with Crippen LogP contribution in [0.15, 0.2) is 72.9 Å². The number of alkyl halides is 3. The van der Waals surface area contributed by atoms with Crippen LogP contribution in [-0.4, -0.2) is 44.1 Å². The first-order chi connectivity index (χ1) is 18.2. The third-order valence-electron chi connectivity index (χ3n) is 6.42. The third-order valence-corrected chi connectivity index (χ3v) is 6.42. The molecular formula is C27H23F3N6O2. The fourth-order valence-electron chi connectivity index (χ4n) is 4.78. The van der Waals surface area contributed by atoms with Crippen LogP contribution >= 0.6 is 0 Å². The van der Waals surface area contributed by atoms with Crippen LogP contribution < -0.4 is 10.2 Å². The molecule has 2 atom stereocenters. The minimum atomic E-state index is -4.75. The van der Waals surface area contributed by atoms with Gasteiger partial charge in [0.1, 0.15) is 17.6 Å². The van der Waals surface area contributed by atoms with Gasteiger partial charge >= 0.3 is 6.18 Å². The van der Waals surface area contributed by atoms with Crippen LogP contribution in [0.3, 0.4) is 0 Å². The average Bonchev–Trinajstić information content (AvgIpc) is 3.26. The van der Waals surface area contributed by atoms with E-state index in [1.54, 1.807) is 11.6 Å². The normalized spacial score (nSPS) is 17.3. The number of nitrogens with one attached hydrogen (secondary N) is 1. The van der Waals surface area contributed by atoms with E-state index in [-0.39, 0.29) is 6.54 Å². The van der Waals surface area contributed by atoms with Crippen molar-refractivity contribution >= 4 is 17.6 Å². The van der Waals surface area contributed by atoms with Crippen LogP contribution in [-0.2, 0) is 11.0 Å². The van der Waals surface area contributed by atoms with Gasteiger partial charge in [-0.1, -0.05) is 48.5 Å². The molecule has 3 heterocycles. The molecule has 0 radical (unpaired) electrons. The van der Waals surface area contributed by atoms with E-state index >= 15 is 0 Å². The first kappa shape index (κ1) is 25.1. The second-order valence-corrected chi connectivity index (χ2v) is 8.76. The molecule has 8 nitrogen and oxygen atoms in total. The lowest BCUT2D eigenvalue weighted by Crippen LogP contribution is -2.55. The lowest BCUT2D eigenvalue weighted by Gasteiger charge is -2.38. The van der Waals surface area contributed by atoms with Crippen molar-refractivity contribution in [1.29, 1.82) is 0 Å². The van der Waals surface area contributed by atoms with Crippen molar-refractivity contribution < 1.29 is 22.8 Å². The number of hydrogen-bond donors (Lipinski definition) is 1.